The Morgan fingerprint density at radius 2 is 1.79 bits per heavy atom. The lowest BCUT2D eigenvalue weighted by molar-refractivity contribution is -0.114. The van der Waals surface area contributed by atoms with Crippen molar-refractivity contribution in [3.63, 3.8) is 0 Å². The first kappa shape index (κ1) is 17.5. The standard InChI is InChI=1S/C22H17N3O3/c1-15-19(22(27)25(24-15)18-6-3-2-4-7-18)14-16-9-11-17(12-10-16)23-21(26)20-8-5-13-28-20/h2-14H,1H3,(H,23,26)/b19-14-. The van der Waals surface area contributed by atoms with E-state index in [0.717, 1.165) is 11.3 Å². The van der Waals surface area contributed by atoms with Crippen LogP contribution in [0.2, 0.25) is 0 Å². The molecule has 6 heteroatoms. The van der Waals surface area contributed by atoms with E-state index < -0.39 is 0 Å². The molecule has 0 fully saturated rings. The molecule has 2 aromatic carbocycles. The van der Waals surface area contributed by atoms with Crippen molar-refractivity contribution in [1.29, 1.82) is 0 Å². The Morgan fingerprint density at radius 1 is 1.04 bits per heavy atom. The molecule has 0 aliphatic carbocycles. The summed E-state index contributed by atoms with van der Waals surface area (Å²) in [7, 11) is 0. The van der Waals surface area contributed by atoms with Crippen molar-refractivity contribution in [3.05, 3.63) is 89.9 Å². The molecule has 0 spiro atoms. The van der Waals surface area contributed by atoms with Crippen LogP contribution >= 0.6 is 0 Å². The lowest BCUT2D eigenvalue weighted by atomic mass is 10.1. The number of nitrogens with zero attached hydrogens (tertiary/aromatic N) is 2. The summed E-state index contributed by atoms with van der Waals surface area (Å²) in [5.41, 5.74) is 3.40. The highest BCUT2D eigenvalue weighted by Crippen LogP contribution is 2.25. The maximum atomic E-state index is 12.7. The first-order valence-corrected chi connectivity index (χ1v) is 8.73. The number of hydrazone groups is 1. The van der Waals surface area contributed by atoms with Crippen molar-refractivity contribution in [3.8, 4) is 0 Å². The molecule has 3 aromatic rings. The monoisotopic (exact) mass is 371 g/mol. The molecule has 1 aliphatic rings. The lowest BCUT2D eigenvalue weighted by Gasteiger charge is -2.11. The number of rotatable bonds is 4. The Kier molecular flexibility index (Phi) is 4.60. The number of amides is 2. The van der Waals surface area contributed by atoms with Gasteiger partial charge in [-0.05, 0) is 55.0 Å². The van der Waals surface area contributed by atoms with Gasteiger partial charge in [-0.2, -0.15) is 10.1 Å². The van der Waals surface area contributed by atoms with Crippen LogP contribution in [0.15, 0.2) is 88.1 Å². The van der Waals surface area contributed by atoms with Crippen molar-refractivity contribution >= 4 is 35.0 Å². The van der Waals surface area contributed by atoms with E-state index in [2.05, 4.69) is 10.4 Å². The molecule has 28 heavy (non-hydrogen) atoms. The normalized spacial score (nSPS) is 15.0. The largest absolute Gasteiger partial charge is 0.459 e. The van der Waals surface area contributed by atoms with E-state index in [1.807, 2.05) is 49.4 Å². The maximum absolute atomic E-state index is 12.7. The van der Waals surface area contributed by atoms with Gasteiger partial charge in [0, 0.05) is 5.69 Å². The molecule has 2 amide bonds. The van der Waals surface area contributed by atoms with Crippen molar-refractivity contribution in [2.24, 2.45) is 5.10 Å². The summed E-state index contributed by atoms with van der Waals surface area (Å²) in [5, 5.41) is 8.53. The van der Waals surface area contributed by atoms with Gasteiger partial charge in [0.2, 0.25) is 0 Å². The molecular formula is C22H17N3O3. The van der Waals surface area contributed by atoms with Gasteiger partial charge in [0.1, 0.15) is 0 Å². The van der Waals surface area contributed by atoms with Crippen molar-refractivity contribution in [2.45, 2.75) is 6.92 Å². The van der Waals surface area contributed by atoms with Crippen LogP contribution in [0.3, 0.4) is 0 Å². The third-order valence-electron chi connectivity index (χ3n) is 4.29. The summed E-state index contributed by atoms with van der Waals surface area (Å²) in [6.07, 6.45) is 3.24. The minimum absolute atomic E-state index is 0.168. The molecule has 1 aromatic heterocycles. The minimum atomic E-state index is -0.316. The Morgan fingerprint density at radius 3 is 2.46 bits per heavy atom. The summed E-state index contributed by atoms with van der Waals surface area (Å²) in [5.74, 6) is -0.238. The zero-order chi connectivity index (χ0) is 19.5. The van der Waals surface area contributed by atoms with Gasteiger partial charge in [-0.1, -0.05) is 30.3 Å². The smallest absolute Gasteiger partial charge is 0.291 e. The van der Waals surface area contributed by atoms with E-state index in [4.69, 9.17) is 4.42 Å². The highest BCUT2D eigenvalue weighted by Gasteiger charge is 2.28. The van der Waals surface area contributed by atoms with Gasteiger partial charge in [0.05, 0.1) is 23.2 Å². The average molecular weight is 371 g/mol. The second kappa shape index (κ2) is 7.36. The van der Waals surface area contributed by atoms with Gasteiger partial charge in [-0.3, -0.25) is 9.59 Å². The Balaban J connectivity index is 1.50. The highest BCUT2D eigenvalue weighted by atomic mass is 16.3. The molecule has 0 bridgehead atoms. The lowest BCUT2D eigenvalue weighted by Crippen LogP contribution is -2.21. The molecule has 2 heterocycles. The van der Waals surface area contributed by atoms with Crippen LogP contribution in [0.5, 0.6) is 0 Å². The fraction of sp³-hybridized carbons (Fsp3) is 0.0455. The van der Waals surface area contributed by atoms with E-state index in [1.165, 1.54) is 11.3 Å². The van der Waals surface area contributed by atoms with Gasteiger partial charge in [-0.15, -0.1) is 0 Å². The second-order valence-corrected chi connectivity index (χ2v) is 6.25. The molecule has 0 saturated heterocycles. The summed E-state index contributed by atoms with van der Waals surface area (Å²) < 4.78 is 5.07. The van der Waals surface area contributed by atoms with Gasteiger partial charge in [0.25, 0.3) is 11.8 Å². The van der Waals surface area contributed by atoms with Gasteiger partial charge in [0.15, 0.2) is 5.76 Å². The number of carbonyl (C=O) groups excluding carboxylic acids is 2. The molecule has 6 nitrogen and oxygen atoms in total. The summed E-state index contributed by atoms with van der Waals surface area (Å²) in [4.78, 5) is 24.8. The summed E-state index contributed by atoms with van der Waals surface area (Å²) in [6, 6.07) is 19.8. The number of carbonyl (C=O) groups is 2. The van der Waals surface area contributed by atoms with Crippen LogP contribution < -0.4 is 10.3 Å². The number of nitrogens with one attached hydrogen (secondary N) is 1. The Hall–Kier alpha value is -3.93. The van der Waals surface area contributed by atoms with E-state index in [1.54, 1.807) is 30.3 Å². The predicted octanol–water partition coefficient (Wildman–Crippen LogP) is 4.34. The first-order valence-electron chi connectivity index (χ1n) is 8.73. The number of hydrogen-bond donors (Lipinski definition) is 1. The first-order chi connectivity index (χ1) is 13.6. The van der Waals surface area contributed by atoms with E-state index >= 15 is 0 Å². The number of benzene rings is 2. The predicted molar refractivity (Wildman–Crippen MR) is 108 cm³/mol. The molecule has 4 rings (SSSR count). The van der Waals surface area contributed by atoms with E-state index in [-0.39, 0.29) is 17.6 Å². The fourth-order valence-corrected chi connectivity index (χ4v) is 2.86. The van der Waals surface area contributed by atoms with Gasteiger partial charge >= 0.3 is 0 Å². The highest BCUT2D eigenvalue weighted by molar-refractivity contribution is 6.32. The van der Waals surface area contributed by atoms with Gasteiger partial charge in [-0.25, -0.2) is 0 Å². The Labute approximate surface area is 161 Å². The average Bonchev–Trinajstić information content (AvgIpc) is 3.35. The minimum Gasteiger partial charge on any atom is -0.459 e. The third-order valence-corrected chi connectivity index (χ3v) is 4.29. The van der Waals surface area contributed by atoms with Crippen molar-refractivity contribution < 1.29 is 14.0 Å². The van der Waals surface area contributed by atoms with Crippen molar-refractivity contribution in [1.82, 2.24) is 0 Å². The molecule has 0 radical (unpaired) electrons. The molecule has 0 saturated carbocycles. The van der Waals surface area contributed by atoms with Crippen molar-refractivity contribution in [2.75, 3.05) is 10.3 Å². The molecule has 0 unspecified atom stereocenters. The summed E-state index contributed by atoms with van der Waals surface area (Å²) >= 11 is 0. The molecular weight excluding hydrogens is 354 g/mol. The van der Waals surface area contributed by atoms with Crippen LogP contribution in [0.1, 0.15) is 23.0 Å². The quantitative estimate of drug-likeness (QED) is 0.693. The zero-order valence-corrected chi connectivity index (χ0v) is 15.1. The second-order valence-electron chi connectivity index (χ2n) is 6.25. The van der Waals surface area contributed by atoms with Crippen LogP contribution in [0, 0.1) is 0 Å². The fourth-order valence-electron chi connectivity index (χ4n) is 2.86. The van der Waals surface area contributed by atoms with Crippen LogP contribution in [-0.4, -0.2) is 17.5 Å². The van der Waals surface area contributed by atoms with Crippen LogP contribution in [0.25, 0.3) is 6.08 Å². The topological polar surface area (TPSA) is 74.9 Å². The van der Waals surface area contributed by atoms with E-state index in [9.17, 15) is 9.59 Å². The molecule has 1 aliphatic heterocycles. The third kappa shape index (κ3) is 3.48. The number of anilines is 2. The molecule has 138 valence electrons. The van der Waals surface area contributed by atoms with Gasteiger partial charge < -0.3 is 9.73 Å². The van der Waals surface area contributed by atoms with Crippen LogP contribution in [0.4, 0.5) is 11.4 Å². The Bertz CT molecular complexity index is 1070. The molecule has 1 N–H and O–H groups in total. The molecule has 0 atom stereocenters. The zero-order valence-electron chi connectivity index (χ0n) is 15.1. The van der Waals surface area contributed by atoms with E-state index in [0.29, 0.717) is 17.0 Å². The van der Waals surface area contributed by atoms with Crippen LogP contribution in [-0.2, 0) is 4.79 Å². The maximum Gasteiger partial charge on any atom is 0.291 e. The summed E-state index contributed by atoms with van der Waals surface area (Å²) in [6.45, 7) is 1.81. The number of hydrogen-bond acceptors (Lipinski definition) is 4. The number of furan rings is 1. The SMILES string of the molecule is CC1=NN(c2ccccc2)C(=O)/C1=C\c1ccc(NC(=O)c2ccco2)cc1. The number of para-hydroxylation sites is 1.